The van der Waals surface area contributed by atoms with Crippen LogP contribution in [0.5, 0.6) is 0 Å². The van der Waals surface area contributed by atoms with Crippen molar-refractivity contribution in [2.75, 3.05) is 31.1 Å². The quantitative estimate of drug-likeness (QED) is 0.664. The highest BCUT2D eigenvalue weighted by molar-refractivity contribution is 9.10. The van der Waals surface area contributed by atoms with E-state index in [1.54, 1.807) is 12.1 Å². The second-order valence-electron chi connectivity index (χ2n) is 5.85. The maximum atomic E-state index is 13.0. The number of sulfonamides is 1. The number of benzene rings is 1. The lowest BCUT2D eigenvalue weighted by atomic mass is 10.2. The Morgan fingerprint density at radius 2 is 1.88 bits per heavy atom. The van der Waals surface area contributed by atoms with E-state index in [2.05, 4.69) is 31.9 Å². The smallest absolute Gasteiger partial charge is 0.246 e. The summed E-state index contributed by atoms with van der Waals surface area (Å²) in [5.74, 6) is 0. The van der Waals surface area contributed by atoms with Crippen LogP contribution in [0.4, 0.5) is 5.69 Å². The highest BCUT2D eigenvalue weighted by atomic mass is 79.9. The summed E-state index contributed by atoms with van der Waals surface area (Å²) in [7, 11) is -3.72. The zero-order chi connectivity index (χ0) is 18.7. The molecule has 9 heteroatoms. The highest BCUT2D eigenvalue weighted by Crippen LogP contribution is 2.27. The van der Waals surface area contributed by atoms with Crippen LogP contribution in [-0.2, 0) is 10.0 Å². The Hall–Kier alpha value is -1.66. The van der Waals surface area contributed by atoms with Crippen LogP contribution in [0.2, 0.25) is 5.15 Å². The lowest BCUT2D eigenvalue weighted by molar-refractivity contribution is 0.433. The molecule has 1 fully saturated rings. The fourth-order valence-electron chi connectivity index (χ4n) is 2.86. The summed E-state index contributed by atoms with van der Waals surface area (Å²) in [5.41, 5.74) is 1.58. The average Bonchev–Trinajstić information content (AvgIpc) is 2.90. The van der Waals surface area contributed by atoms with Crippen molar-refractivity contribution in [3.8, 4) is 6.07 Å². The predicted molar refractivity (Wildman–Crippen MR) is 104 cm³/mol. The van der Waals surface area contributed by atoms with E-state index >= 15 is 0 Å². The number of hydrogen-bond donors (Lipinski definition) is 0. The van der Waals surface area contributed by atoms with Crippen LogP contribution >= 0.6 is 27.5 Å². The minimum atomic E-state index is -3.72. The maximum Gasteiger partial charge on any atom is 0.246 e. The lowest BCUT2D eigenvalue weighted by Gasteiger charge is -2.23. The summed E-state index contributed by atoms with van der Waals surface area (Å²) in [6.07, 6.45) is 2.16. The van der Waals surface area contributed by atoms with Gasteiger partial charge >= 0.3 is 0 Å². The van der Waals surface area contributed by atoms with Gasteiger partial charge in [0.25, 0.3) is 0 Å². The van der Waals surface area contributed by atoms with Gasteiger partial charge in [-0.3, -0.25) is 0 Å². The van der Waals surface area contributed by atoms with Crippen LogP contribution in [0, 0.1) is 11.3 Å². The van der Waals surface area contributed by atoms with Crippen LogP contribution in [-0.4, -0.2) is 43.9 Å². The van der Waals surface area contributed by atoms with E-state index in [0.717, 1.165) is 12.2 Å². The van der Waals surface area contributed by atoms with Crippen LogP contribution < -0.4 is 4.90 Å². The molecule has 0 unspecified atom stereocenters. The molecule has 6 nitrogen and oxygen atoms in total. The van der Waals surface area contributed by atoms with Gasteiger partial charge < -0.3 is 4.90 Å². The zero-order valence-corrected chi connectivity index (χ0v) is 16.9. The lowest BCUT2D eigenvalue weighted by Crippen LogP contribution is -2.35. The van der Waals surface area contributed by atoms with Gasteiger partial charge in [-0.25, -0.2) is 13.4 Å². The maximum absolute atomic E-state index is 13.0. The van der Waals surface area contributed by atoms with Gasteiger partial charge in [0.05, 0.1) is 11.6 Å². The molecule has 0 saturated carbocycles. The third-order valence-electron chi connectivity index (χ3n) is 4.21. The van der Waals surface area contributed by atoms with Gasteiger partial charge in [0.1, 0.15) is 10.0 Å². The van der Waals surface area contributed by atoms with Crippen molar-refractivity contribution >= 4 is 43.2 Å². The van der Waals surface area contributed by atoms with E-state index < -0.39 is 10.0 Å². The van der Waals surface area contributed by atoms with Gasteiger partial charge in [0.2, 0.25) is 10.0 Å². The van der Waals surface area contributed by atoms with Crippen LogP contribution in [0.1, 0.15) is 12.0 Å². The largest absolute Gasteiger partial charge is 0.370 e. The number of nitrogens with zero attached hydrogens (tertiary/aromatic N) is 4. The van der Waals surface area contributed by atoms with Crippen molar-refractivity contribution in [2.24, 2.45) is 0 Å². The van der Waals surface area contributed by atoms with Crippen molar-refractivity contribution in [1.82, 2.24) is 9.29 Å². The molecular weight excluding hydrogens is 440 g/mol. The summed E-state index contributed by atoms with van der Waals surface area (Å²) < 4.78 is 27.9. The molecule has 26 heavy (non-hydrogen) atoms. The van der Waals surface area contributed by atoms with E-state index in [-0.39, 0.29) is 10.0 Å². The van der Waals surface area contributed by atoms with Crippen molar-refractivity contribution in [3.05, 3.63) is 51.7 Å². The fraction of sp³-hybridized carbons (Fsp3) is 0.294. The molecule has 136 valence electrons. The average molecular weight is 456 g/mol. The first-order valence-corrected chi connectivity index (χ1v) is 10.6. The number of aromatic nitrogens is 1. The van der Waals surface area contributed by atoms with E-state index in [1.165, 1.54) is 16.6 Å². The van der Waals surface area contributed by atoms with Gasteiger partial charge in [-0.15, -0.1) is 0 Å². The Balaban J connectivity index is 1.79. The molecule has 1 aromatic carbocycles. The Kier molecular flexibility index (Phi) is 5.82. The molecule has 0 N–H and O–H groups in total. The molecule has 0 aliphatic carbocycles. The number of pyridine rings is 1. The number of hydrogen-bond acceptors (Lipinski definition) is 5. The molecule has 0 radical (unpaired) electrons. The first-order chi connectivity index (χ1) is 12.4. The number of halogens is 2. The monoisotopic (exact) mass is 454 g/mol. The molecule has 0 atom stereocenters. The predicted octanol–water partition coefficient (Wildman–Crippen LogP) is 3.27. The van der Waals surface area contributed by atoms with Crippen LogP contribution in [0.3, 0.4) is 0 Å². The standard InChI is InChI=1S/C17H16BrClN4O2S/c18-14-10-16(17(19)21-12-14)26(24,25)23-7-1-6-22(8-9-23)15-4-2-13(11-20)3-5-15/h2-5,10,12H,1,6-9H2. The minimum Gasteiger partial charge on any atom is -0.370 e. The third kappa shape index (κ3) is 4.01. The second-order valence-corrected chi connectivity index (χ2v) is 9.03. The Morgan fingerprint density at radius 1 is 1.15 bits per heavy atom. The molecule has 3 rings (SSSR count). The second kappa shape index (κ2) is 7.92. The van der Waals surface area contributed by atoms with E-state index in [4.69, 9.17) is 16.9 Å². The van der Waals surface area contributed by atoms with Gasteiger partial charge in [-0.2, -0.15) is 9.57 Å². The molecule has 0 spiro atoms. The van der Waals surface area contributed by atoms with Gasteiger partial charge in [0.15, 0.2) is 0 Å². The number of anilines is 1. The fourth-order valence-corrected chi connectivity index (χ4v) is 5.25. The van der Waals surface area contributed by atoms with E-state index in [1.807, 2.05) is 12.1 Å². The van der Waals surface area contributed by atoms with Crippen molar-refractivity contribution < 1.29 is 8.42 Å². The summed E-state index contributed by atoms with van der Waals surface area (Å²) in [5, 5.41) is 8.88. The highest BCUT2D eigenvalue weighted by Gasteiger charge is 2.29. The van der Waals surface area contributed by atoms with Gasteiger partial charge in [-0.1, -0.05) is 11.6 Å². The van der Waals surface area contributed by atoms with Gasteiger partial charge in [-0.05, 0) is 52.7 Å². The molecule has 1 saturated heterocycles. The third-order valence-corrected chi connectivity index (χ3v) is 6.97. The molecule has 1 aliphatic heterocycles. The number of rotatable bonds is 3. The molecule has 1 aliphatic rings. The molecular formula is C17H16BrClN4O2S. The molecule has 0 amide bonds. The molecule has 0 bridgehead atoms. The SMILES string of the molecule is N#Cc1ccc(N2CCCN(S(=O)(=O)c3cc(Br)cnc3Cl)CC2)cc1. The normalized spacial score (nSPS) is 16.1. The first-order valence-electron chi connectivity index (χ1n) is 7.98. The van der Waals surface area contributed by atoms with Crippen molar-refractivity contribution in [3.63, 3.8) is 0 Å². The molecule has 2 heterocycles. The summed E-state index contributed by atoms with van der Waals surface area (Å²) in [6.45, 7) is 2.07. The Morgan fingerprint density at radius 3 is 2.58 bits per heavy atom. The van der Waals surface area contributed by atoms with Gasteiger partial charge in [0, 0.05) is 42.5 Å². The summed E-state index contributed by atoms with van der Waals surface area (Å²) in [6, 6.07) is 10.9. The van der Waals surface area contributed by atoms with E-state index in [0.29, 0.717) is 36.1 Å². The molecule has 1 aromatic heterocycles. The molecule has 2 aromatic rings. The summed E-state index contributed by atoms with van der Waals surface area (Å²) in [4.78, 5) is 6.05. The zero-order valence-electron chi connectivity index (χ0n) is 13.8. The summed E-state index contributed by atoms with van der Waals surface area (Å²) >= 11 is 9.26. The Bertz CT molecular complexity index is 944. The van der Waals surface area contributed by atoms with Crippen molar-refractivity contribution in [1.29, 1.82) is 5.26 Å². The van der Waals surface area contributed by atoms with Crippen LogP contribution in [0.15, 0.2) is 45.9 Å². The van der Waals surface area contributed by atoms with E-state index in [9.17, 15) is 8.42 Å². The Labute approximate surface area is 166 Å². The number of nitriles is 1. The van der Waals surface area contributed by atoms with Crippen molar-refractivity contribution in [2.45, 2.75) is 11.3 Å². The topological polar surface area (TPSA) is 77.3 Å². The minimum absolute atomic E-state index is 0.0142. The first kappa shape index (κ1) is 19.1. The van der Waals surface area contributed by atoms with Crippen LogP contribution in [0.25, 0.3) is 0 Å².